The maximum atomic E-state index is 11.6. The monoisotopic (exact) mass is 256 g/mol. The first-order valence-electron chi connectivity index (χ1n) is 6.21. The van der Waals surface area contributed by atoms with Crippen LogP contribution >= 0.6 is 0 Å². The summed E-state index contributed by atoms with van der Waals surface area (Å²) in [5.41, 5.74) is 1.88. The van der Waals surface area contributed by atoms with Crippen LogP contribution in [0.15, 0.2) is 48.5 Å². The number of nitrogens with zero attached hydrogens (tertiary/aromatic N) is 1. The van der Waals surface area contributed by atoms with E-state index in [-0.39, 0.29) is 6.61 Å². The van der Waals surface area contributed by atoms with E-state index in [0.29, 0.717) is 5.82 Å². The summed E-state index contributed by atoms with van der Waals surface area (Å²) in [6.07, 6.45) is 0.332. The lowest BCUT2D eigenvalue weighted by atomic mass is 10.2. The van der Waals surface area contributed by atoms with Gasteiger partial charge in [0, 0.05) is 5.69 Å². The summed E-state index contributed by atoms with van der Waals surface area (Å²) in [5, 5.41) is 2.61. The van der Waals surface area contributed by atoms with E-state index < -0.39 is 6.09 Å². The van der Waals surface area contributed by atoms with E-state index in [1.54, 1.807) is 6.07 Å². The first-order chi connectivity index (χ1) is 9.28. The number of benzene rings is 1. The Morgan fingerprint density at radius 2 is 1.95 bits per heavy atom. The van der Waals surface area contributed by atoms with E-state index in [1.807, 2.05) is 49.4 Å². The third-order valence-corrected chi connectivity index (χ3v) is 2.61. The van der Waals surface area contributed by atoms with E-state index in [9.17, 15) is 4.79 Å². The van der Waals surface area contributed by atoms with Crippen LogP contribution < -0.4 is 5.32 Å². The standard InChI is InChI=1S/C15H16N2O2/c1-2-13-9-6-10-14(16-13)17-15(18)19-11-12-7-4-3-5-8-12/h3-10H,2,11H2,1H3,(H,16,17,18). The molecular weight excluding hydrogens is 240 g/mol. The largest absolute Gasteiger partial charge is 0.444 e. The van der Waals surface area contributed by atoms with Gasteiger partial charge in [0.2, 0.25) is 0 Å². The van der Waals surface area contributed by atoms with Crippen molar-refractivity contribution in [3.05, 3.63) is 59.8 Å². The molecule has 19 heavy (non-hydrogen) atoms. The second-order valence-corrected chi connectivity index (χ2v) is 4.05. The molecule has 2 rings (SSSR count). The van der Waals surface area contributed by atoms with Gasteiger partial charge in [0.15, 0.2) is 0 Å². The van der Waals surface area contributed by atoms with E-state index in [4.69, 9.17) is 4.74 Å². The molecule has 4 nitrogen and oxygen atoms in total. The van der Waals surface area contributed by atoms with Gasteiger partial charge < -0.3 is 4.74 Å². The smallest absolute Gasteiger partial charge is 0.413 e. The van der Waals surface area contributed by atoms with Gasteiger partial charge in [-0.05, 0) is 24.1 Å². The lowest BCUT2D eigenvalue weighted by Gasteiger charge is -2.07. The Morgan fingerprint density at radius 1 is 1.16 bits per heavy atom. The van der Waals surface area contributed by atoms with Gasteiger partial charge in [-0.15, -0.1) is 0 Å². The Labute approximate surface area is 112 Å². The zero-order chi connectivity index (χ0) is 13.5. The topological polar surface area (TPSA) is 51.2 Å². The molecule has 0 spiro atoms. The number of nitrogens with one attached hydrogen (secondary N) is 1. The Balaban J connectivity index is 1.87. The van der Waals surface area contributed by atoms with Crippen LogP contribution in [-0.2, 0) is 17.8 Å². The first-order valence-corrected chi connectivity index (χ1v) is 6.21. The lowest BCUT2D eigenvalue weighted by molar-refractivity contribution is 0.155. The minimum absolute atomic E-state index is 0.250. The lowest BCUT2D eigenvalue weighted by Crippen LogP contribution is -2.14. The van der Waals surface area contributed by atoms with Crippen LogP contribution in [0.3, 0.4) is 0 Å². The molecule has 0 bridgehead atoms. The van der Waals surface area contributed by atoms with Crippen molar-refractivity contribution < 1.29 is 9.53 Å². The zero-order valence-electron chi connectivity index (χ0n) is 10.8. The molecule has 1 amide bonds. The average Bonchev–Trinajstić information content (AvgIpc) is 2.46. The van der Waals surface area contributed by atoms with Crippen molar-refractivity contribution in [1.29, 1.82) is 0 Å². The van der Waals surface area contributed by atoms with Crippen LogP contribution in [0.2, 0.25) is 0 Å². The van der Waals surface area contributed by atoms with Crippen LogP contribution in [0.5, 0.6) is 0 Å². The summed E-state index contributed by atoms with van der Waals surface area (Å²) in [7, 11) is 0. The number of ether oxygens (including phenoxy) is 1. The predicted molar refractivity (Wildman–Crippen MR) is 73.9 cm³/mol. The van der Waals surface area contributed by atoms with Crippen molar-refractivity contribution in [1.82, 2.24) is 4.98 Å². The number of carbonyl (C=O) groups excluding carboxylic acids is 1. The Bertz CT molecular complexity index is 541. The van der Waals surface area contributed by atoms with Crippen molar-refractivity contribution >= 4 is 11.9 Å². The molecule has 1 aromatic heterocycles. The van der Waals surface area contributed by atoms with E-state index in [1.165, 1.54) is 0 Å². The van der Waals surface area contributed by atoms with Gasteiger partial charge in [0.25, 0.3) is 0 Å². The molecule has 1 aromatic carbocycles. The number of aryl methyl sites for hydroxylation is 1. The van der Waals surface area contributed by atoms with Crippen LogP contribution in [-0.4, -0.2) is 11.1 Å². The third-order valence-electron chi connectivity index (χ3n) is 2.61. The molecule has 0 atom stereocenters. The molecule has 0 saturated heterocycles. The summed E-state index contributed by atoms with van der Waals surface area (Å²) in [6, 6.07) is 15.1. The SMILES string of the molecule is CCc1cccc(NC(=O)OCc2ccccc2)n1. The maximum Gasteiger partial charge on any atom is 0.413 e. The molecule has 0 radical (unpaired) electrons. The molecule has 0 saturated carbocycles. The van der Waals surface area contributed by atoms with Crippen LogP contribution in [0, 0.1) is 0 Å². The van der Waals surface area contributed by atoms with Crippen molar-refractivity contribution in [3.8, 4) is 0 Å². The molecule has 0 fully saturated rings. The number of aromatic nitrogens is 1. The number of rotatable bonds is 4. The summed E-state index contributed by atoms with van der Waals surface area (Å²) < 4.78 is 5.12. The molecular formula is C15H16N2O2. The molecule has 1 N–H and O–H groups in total. The molecule has 0 aliphatic rings. The van der Waals surface area contributed by atoms with Gasteiger partial charge >= 0.3 is 6.09 Å². The van der Waals surface area contributed by atoms with Gasteiger partial charge in [-0.3, -0.25) is 5.32 Å². The first kappa shape index (κ1) is 13.1. The highest BCUT2D eigenvalue weighted by Crippen LogP contribution is 2.07. The Hall–Kier alpha value is -2.36. The summed E-state index contributed by atoms with van der Waals surface area (Å²) in [5.74, 6) is 0.511. The molecule has 2 aromatic rings. The minimum atomic E-state index is -0.496. The minimum Gasteiger partial charge on any atom is -0.444 e. The average molecular weight is 256 g/mol. The van der Waals surface area contributed by atoms with Crippen molar-refractivity contribution in [2.75, 3.05) is 5.32 Å². The molecule has 4 heteroatoms. The summed E-state index contributed by atoms with van der Waals surface area (Å²) >= 11 is 0. The highest BCUT2D eigenvalue weighted by Gasteiger charge is 2.04. The van der Waals surface area contributed by atoms with Gasteiger partial charge in [-0.2, -0.15) is 0 Å². The predicted octanol–water partition coefficient (Wildman–Crippen LogP) is 3.39. The van der Waals surface area contributed by atoms with E-state index in [2.05, 4.69) is 10.3 Å². The van der Waals surface area contributed by atoms with Gasteiger partial charge in [-0.1, -0.05) is 43.3 Å². The number of carbonyl (C=O) groups is 1. The van der Waals surface area contributed by atoms with Crippen molar-refractivity contribution in [2.45, 2.75) is 20.0 Å². The maximum absolute atomic E-state index is 11.6. The fourth-order valence-electron chi connectivity index (χ4n) is 1.61. The highest BCUT2D eigenvalue weighted by molar-refractivity contribution is 5.83. The molecule has 0 unspecified atom stereocenters. The normalized spacial score (nSPS) is 9.95. The van der Waals surface area contributed by atoms with Gasteiger partial charge in [-0.25, -0.2) is 9.78 Å². The fourth-order valence-corrected chi connectivity index (χ4v) is 1.61. The summed E-state index contributed by atoms with van der Waals surface area (Å²) in [6.45, 7) is 2.26. The van der Waals surface area contributed by atoms with Crippen molar-refractivity contribution in [2.24, 2.45) is 0 Å². The number of hydrogen-bond donors (Lipinski definition) is 1. The fraction of sp³-hybridized carbons (Fsp3) is 0.200. The second kappa shape index (κ2) is 6.54. The van der Waals surface area contributed by atoms with Crippen LogP contribution in [0.25, 0.3) is 0 Å². The van der Waals surface area contributed by atoms with E-state index in [0.717, 1.165) is 17.7 Å². The van der Waals surface area contributed by atoms with Gasteiger partial charge in [0.1, 0.15) is 12.4 Å². The van der Waals surface area contributed by atoms with Gasteiger partial charge in [0.05, 0.1) is 0 Å². The van der Waals surface area contributed by atoms with Crippen LogP contribution in [0.4, 0.5) is 10.6 Å². The number of amides is 1. The molecule has 0 aliphatic carbocycles. The van der Waals surface area contributed by atoms with E-state index >= 15 is 0 Å². The second-order valence-electron chi connectivity index (χ2n) is 4.05. The Morgan fingerprint density at radius 3 is 2.68 bits per heavy atom. The Kier molecular flexibility index (Phi) is 4.50. The quantitative estimate of drug-likeness (QED) is 0.912. The third kappa shape index (κ3) is 4.10. The number of anilines is 1. The van der Waals surface area contributed by atoms with Crippen LogP contribution in [0.1, 0.15) is 18.2 Å². The highest BCUT2D eigenvalue weighted by atomic mass is 16.5. The number of hydrogen-bond acceptors (Lipinski definition) is 3. The molecule has 1 heterocycles. The molecule has 98 valence electrons. The molecule has 0 aliphatic heterocycles. The summed E-state index contributed by atoms with van der Waals surface area (Å²) in [4.78, 5) is 15.9. The number of pyridine rings is 1. The van der Waals surface area contributed by atoms with Crippen molar-refractivity contribution in [3.63, 3.8) is 0 Å². The zero-order valence-corrected chi connectivity index (χ0v) is 10.8.